The highest BCUT2D eigenvalue weighted by Gasteiger charge is 2.60. The molecular weight excluding hydrogens is 693 g/mol. The van der Waals surface area contributed by atoms with E-state index < -0.39 is 29.0 Å². The number of aromatic nitrogens is 6. The Labute approximate surface area is 293 Å². The second kappa shape index (κ2) is 12.1. The summed E-state index contributed by atoms with van der Waals surface area (Å²) in [7, 11) is 0. The maximum absolute atomic E-state index is 14.6. The van der Waals surface area contributed by atoms with E-state index in [4.69, 9.17) is 21.3 Å². The first-order valence-electron chi connectivity index (χ1n) is 16.6. The van der Waals surface area contributed by atoms with Gasteiger partial charge in [0.25, 0.3) is 11.5 Å². The van der Waals surface area contributed by atoms with Gasteiger partial charge in [-0.2, -0.15) is 22.7 Å². The van der Waals surface area contributed by atoms with Crippen LogP contribution in [0.5, 0.6) is 5.75 Å². The van der Waals surface area contributed by atoms with Crippen molar-refractivity contribution in [1.29, 1.82) is 0 Å². The van der Waals surface area contributed by atoms with E-state index in [0.29, 0.717) is 68.3 Å². The van der Waals surface area contributed by atoms with Crippen LogP contribution in [-0.4, -0.2) is 77.3 Å². The fourth-order valence-corrected chi connectivity index (χ4v) is 8.79. The number of amides is 2. The summed E-state index contributed by atoms with van der Waals surface area (Å²) in [5.74, 6) is -0.914. The van der Waals surface area contributed by atoms with Crippen molar-refractivity contribution < 1.29 is 32.6 Å². The predicted octanol–water partition coefficient (Wildman–Crippen LogP) is 4.18. The van der Waals surface area contributed by atoms with Gasteiger partial charge in [0.05, 0.1) is 35.2 Å². The van der Waals surface area contributed by atoms with Gasteiger partial charge in [0.1, 0.15) is 12.9 Å². The Morgan fingerprint density at radius 3 is 2.61 bits per heavy atom. The van der Waals surface area contributed by atoms with E-state index >= 15 is 0 Å². The molecule has 2 N–H and O–H groups in total. The summed E-state index contributed by atoms with van der Waals surface area (Å²) < 4.78 is 48.1. The number of benzene rings is 1. The number of carbonyl (C=O) groups is 2. The molecule has 5 heterocycles. The maximum Gasteiger partial charge on any atom is 0.416 e. The standard InChI is InChI=1S/C34H32ClF3N8O5/c1-17-28(48)27(40-16-39-17)31(50)44-13-20-2-3-21(14-44)33(20)9-6-24-26(33)30(49)46-32(42-29(43-46)18-7-10-51-11-8-18)45(24)15-25(47)41-23-5-4-19(12-22(23)35)34(36,37)38/h4-5,7,12,16,20-21,48H,2-3,6,8-11,13-15H2,1H3,(H,41,47)/t20-,21+,33?. The molecule has 2 aliphatic carbocycles. The number of piperidine rings is 1. The molecule has 2 bridgehead atoms. The molecule has 51 heavy (non-hydrogen) atoms. The number of anilines is 1. The third-order valence-electron chi connectivity index (χ3n) is 10.9. The van der Waals surface area contributed by atoms with Crippen molar-refractivity contribution in [2.24, 2.45) is 11.8 Å². The summed E-state index contributed by atoms with van der Waals surface area (Å²) >= 11 is 6.15. The van der Waals surface area contributed by atoms with Crippen LogP contribution < -0.4 is 10.9 Å². The Kier molecular flexibility index (Phi) is 7.94. The van der Waals surface area contributed by atoms with Crippen molar-refractivity contribution >= 4 is 40.5 Å². The molecule has 0 radical (unpaired) electrons. The number of rotatable bonds is 5. The number of aryl methyl sites for hydroxylation is 1. The van der Waals surface area contributed by atoms with Crippen molar-refractivity contribution in [3.05, 3.63) is 80.0 Å². The molecule has 4 aromatic rings. The fraction of sp³-hybridized carbons (Fsp3) is 0.441. The molecule has 17 heteroatoms. The number of aromatic hydroxyl groups is 1. The smallest absolute Gasteiger partial charge is 0.416 e. The summed E-state index contributed by atoms with van der Waals surface area (Å²) in [5, 5.41) is 17.5. The molecule has 2 aliphatic heterocycles. The quantitative estimate of drug-likeness (QED) is 0.308. The summed E-state index contributed by atoms with van der Waals surface area (Å²) in [6.07, 6.45) is 1.64. The van der Waals surface area contributed by atoms with E-state index in [2.05, 4.69) is 20.4 Å². The molecule has 1 spiro atoms. The van der Waals surface area contributed by atoms with Crippen LogP contribution in [0.1, 0.15) is 64.5 Å². The van der Waals surface area contributed by atoms with Gasteiger partial charge in [0.15, 0.2) is 17.3 Å². The largest absolute Gasteiger partial charge is 0.504 e. The second-order valence-electron chi connectivity index (χ2n) is 13.5. The molecule has 2 fully saturated rings. The molecule has 1 aromatic carbocycles. The third kappa shape index (κ3) is 5.37. The number of nitrogens with one attached hydrogen (secondary N) is 1. The van der Waals surface area contributed by atoms with Crippen LogP contribution in [0.15, 0.2) is 35.4 Å². The minimum atomic E-state index is -4.60. The van der Waals surface area contributed by atoms with E-state index in [-0.39, 0.29) is 51.9 Å². The highest BCUT2D eigenvalue weighted by atomic mass is 35.5. The van der Waals surface area contributed by atoms with Gasteiger partial charge in [-0.05, 0) is 74.6 Å². The van der Waals surface area contributed by atoms with Crippen molar-refractivity contribution in [2.75, 3.05) is 31.6 Å². The van der Waals surface area contributed by atoms with Gasteiger partial charge in [0.2, 0.25) is 11.7 Å². The lowest BCUT2D eigenvalue weighted by atomic mass is 9.66. The topological polar surface area (TPSA) is 157 Å². The molecule has 3 aromatic heterocycles. The molecule has 1 saturated carbocycles. The number of fused-ring (bicyclic) bond motifs is 2. The van der Waals surface area contributed by atoms with Gasteiger partial charge in [-0.1, -0.05) is 17.7 Å². The monoisotopic (exact) mass is 724 g/mol. The number of likely N-dealkylation sites (tertiary alicyclic amines) is 1. The first-order valence-corrected chi connectivity index (χ1v) is 17.0. The SMILES string of the molecule is Cc1ncnc(C(=O)N2C[C@H]3CC[C@@H](C2)C32CCc3c2c(=O)n2nc(C4=CCOCC4)nc2n3CC(=O)Nc2ccc(C(F)(F)F)cc2Cl)c1O. The molecule has 3 atom stereocenters. The Morgan fingerprint density at radius 2 is 1.92 bits per heavy atom. The van der Waals surface area contributed by atoms with Crippen LogP contribution >= 0.6 is 11.6 Å². The van der Waals surface area contributed by atoms with Crippen molar-refractivity contribution in [3.8, 4) is 5.75 Å². The van der Waals surface area contributed by atoms with Gasteiger partial charge < -0.3 is 24.6 Å². The number of ether oxygens (including phenoxy) is 1. The highest BCUT2D eigenvalue weighted by Crippen LogP contribution is 2.58. The summed E-state index contributed by atoms with van der Waals surface area (Å²) in [6.45, 7) is 2.80. The zero-order valence-electron chi connectivity index (χ0n) is 27.3. The molecule has 1 unspecified atom stereocenters. The van der Waals surface area contributed by atoms with Gasteiger partial charge in [-0.25, -0.2) is 9.97 Å². The lowest BCUT2D eigenvalue weighted by Gasteiger charge is -2.46. The number of nitrogens with zero attached hydrogens (tertiary/aromatic N) is 7. The molecular formula is C34H32ClF3N8O5. The number of halogens is 4. The molecule has 2 amide bonds. The van der Waals surface area contributed by atoms with Crippen molar-refractivity contribution in [3.63, 3.8) is 0 Å². The minimum Gasteiger partial charge on any atom is -0.504 e. The van der Waals surface area contributed by atoms with Gasteiger partial charge in [0, 0.05) is 29.8 Å². The lowest BCUT2D eigenvalue weighted by Crippen LogP contribution is -2.54. The van der Waals surface area contributed by atoms with E-state index in [1.54, 1.807) is 16.4 Å². The predicted molar refractivity (Wildman–Crippen MR) is 176 cm³/mol. The van der Waals surface area contributed by atoms with E-state index in [9.17, 15) is 32.7 Å². The average Bonchev–Trinajstić information content (AvgIpc) is 3.77. The number of alkyl halides is 3. The maximum atomic E-state index is 14.6. The summed E-state index contributed by atoms with van der Waals surface area (Å²) in [5.41, 5.74) is 0.372. The van der Waals surface area contributed by atoms with Crippen LogP contribution in [-0.2, 0) is 34.1 Å². The Bertz CT molecular complexity index is 2200. The third-order valence-corrected chi connectivity index (χ3v) is 11.2. The lowest BCUT2D eigenvalue weighted by molar-refractivity contribution is -0.137. The average molecular weight is 725 g/mol. The normalized spacial score (nSPS) is 22.8. The molecule has 1 saturated heterocycles. The van der Waals surface area contributed by atoms with Gasteiger partial charge in [-0.3, -0.25) is 14.4 Å². The molecule has 266 valence electrons. The second-order valence-corrected chi connectivity index (χ2v) is 13.9. The molecule has 4 aliphatic rings. The van der Waals surface area contributed by atoms with Gasteiger partial charge in [-0.15, -0.1) is 5.10 Å². The van der Waals surface area contributed by atoms with E-state index in [1.807, 2.05) is 6.08 Å². The summed E-state index contributed by atoms with van der Waals surface area (Å²) in [6, 6.07) is 2.70. The van der Waals surface area contributed by atoms with Crippen LogP contribution in [0, 0.1) is 18.8 Å². The van der Waals surface area contributed by atoms with Crippen molar-refractivity contribution in [1.82, 2.24) is 34.0 Å². The number of carbonyl (C=O) groups excluding carboxylic acids is 2. The van der Waals surface area contributed by atoms with Crippen molar-refractivity contribution in [2.45, 2.75) is 57.2 Å². The molecule has 8 rings (SSSR count). The fourth-order valence-electron chi connectivity index (χ4n) is 8.56. The zero-order valence-corrected chi connectivity index (χ0v) is 28.1. The Hall–Kier alpha value is -4.83. The van der Waals surface area contributed by atoms with Crippen LogP contribution in [0.4, 0.5) is 18.9 Å². The number of hydrogen-bond acceptors (Lipinski definition) is 9. The number of hydrogen-bond donors (Lipinski definition) is 2. The first-order chi connectivity index (χ1) is 24.4. The van der Waals surface area contributed by atoms with Crippen LogP contribution in [0.2, 0.25) is 5.02 Å². The minimum absolute atomic E-state index is 0.00867. The van der Waals surface area contributed by atoms with E-state index in [1.165, 1.54) is 10.8 Å². The highest BCUT2D eigenvalue weighted by molar-refractivity contribution is 6.33. The first kappa shape index (κ1) is 33.3. The van der Waals surface area contributed by atoms with Crippen LogP contribution in [0.25, 0.3) is 11.4 Å². The van der Waals surface area contributed by atoms with Gasteiger partial charge >= 0.3 is 6.18 Å². The summed E-state index contributed by atoms with van der Waals surface area (Å²) in [4.78, 5) is 56.2. The molecule has 13 nitrogen and oxygen atoms in total. The van der Waals surface area contributed by atoms with E-state index in [0.717, 1.165) is 36.6 Å². The zero-order chi connectivity index (χ0) is 35.8. The Morgan fingerprint density at radius 1 is 1.16 bits per heavy atom. The van der Waals surface area contributed by atoms with Crippen LogP contribution in [0.3, 0.4) is 0 Å². The Balaban J connectivity index is 1.18.